The molecular weight excluding hydrogens is 318 g/mol. The van der Waals surface area contributed by atoms with E-state index in [1.807, 2.05) is 0 Å². The van der Waals surface area contributed by atoms with Gasteiger partial charge < -0.3 is 14.7 Å². The summed E-state index contributed by atoms with van der Waals surface area (Å²) in [6.45, 7) is 0. The molecule has 0 N–H and O–H groups in total. The zero-order chi connectivity index (χ0) is 18.7. The van der Waals surface area contributed by atoms with Gasteiger partial charge in [-0.15, -0.1) is 0 Å². The van der Waals surface area contributed by atoms with Crippen LogP contribution in [0.25, 0.3) is 11.1 Å². The quantitative estimate of drug-likeness (QED) is 0.625. The number of hydrogen-bond acceptors (Lipinski definition) is 3. The van der Waals surface area contributed by atoms with Crippen LogP contribution in [0, 0.1) is 0 Å². The lowest BCUT2D eigenvalue weighted by Gasteiger charge is -2.24. The lowest BCUT2D eigenvalue weighted by Crippen LogP contribution is -2.12. The van der Waals surface area contributed by atoms with Gasteiger partial charge in [-0.3, -0.25) is 0 Å². The minimum atomic E-state index is 1.17. The van der Waals surface area contributed by atoms with Gasteiger partial charge in [0.2, 0.25) is 0 Å². The molecule has 26 heavy (non-hydrogen) atoms. The van der Waals surface area contributed by atoms with Gasteiger partial charge in [0.05, 0.1) is 0 Å². The van der Waals surface area contributed by atoms with Gasteiger partial charge in [-0.2, -0.15) is 0 Å². The van der Waals surface area contributed by atoms with Gasteiger partial charge in [0.25, 0.3) is 0 Å². The molecule has 0 aliphatic heterocycles. The normalized spacial score (nSPS) is 10.5. The molecule has 3 nitrogen and oxygen atoms in total. The number of nitrogens with zero attached hydrogens (tertiary/aromatic N) is 3. The maximum Gasteiger partial charge on any atom is 0.0487 e. The Morgan fingerprint density at radius 1 is 0.500 bits per heavy atom. The summed E-state index contributed by atoms with van der Waals surface area (Å²) in [5, 5.41) is 0. The van der Waals surface area contributed by atoms with Crippen LogP contribution in [-0.2, 0) is 0 Å². The highest BCUT2D eigenvalue weighted by Gasteiger charge is 2.11. The first-order valence-electron chi connectivity index (χ1n) is 8.85. The molecule has 0 aromatic heterocycles. The summed E-state index contributed by atoms with van der Waals surface area (Å²) in [7, 11) is 10.4. The third-order valence-electron chi connectivity index (χ3n) is 4.71. The number of anilines is 4. The van der Waals surface area contributed by atoms with Crippen LogP contribution in [0.15, 0.2) is 72.8 Å². The summed E-state index contributed by atoms with van der Waals surface area (Å²) in [5.41, 5.74) is 7.24. The Morgan fingerprint density at radius 3 is 1.50 bits per heavy atom. The minimum absolute atomic E-state index is 1.17. The Morgan fingerprint density at radius 2 is 0.962 bits per heavy atom. The molecule has 3 aromatic rings. The smallest absolute Gasteiger partial charge is 0.0487 e. The van der Waals surface area contributed by atoms with E-state index in [2.05, 4.69) is 123 Å². The first-order valence-corrected chi connectivity index (χ1v) is 8.85. The summed E-state index contributed by atoms with van der Waals surface area (Å²) in [6, 6.07) is 25.9. The minimum Gasteiger partial charge on any atom is -0.378 e. The summed E-state index contributed by atoms with van der Waals surface area (Å²) in [6.07, 6.45) is 0. The number of rotatable bonds is 5. The van der Waals surface area contributed by atoms with Gasteiger partial charge in [-0.05, 0) is 48.0 Å². The topological polar surface area (TPSA) is 9.72 Å². The molecule has 134 valence electrons. The first kappa shape index (κ1) is 17.9. The van der Waals surface area contributed by atoms with E-state index in [0.717, 1.165) is 0 Å². The lowest BCUT2D eigenvalue weighted by atomic mass is 10.0. The Labute approximate surface area is 157 Å². The highest BCUT2D eigenvalue weighted by molar-refractivity contribution is 5.83. The average molecular weight is 345 g/mol. The molecule has 0 bridgehead atoms. The summed E-state index contributed by atoms with van der Waals surface area (Å²) < 4.78 is 0. The second-order valence-corrected chi connectivity index (χ2v) is 6.93. The van der Waals surface area contributed by atoms with Crippen LogP contribution >= 0.6 is 0 Å². The molecular formula is C23H27N3. The van der Waals surface area contributed by atoms with E-state index >= 15 is 0 Å². The van der Waals surface area contributed by atoms with Crippen molar-refractivity contribution in [2.24, 2.45) is 0 Å². The Balaban J connectivity index is 1.95. The fraction of sp³-hybridized carbons (Fsp3) is 0.217. The highest BCUT2D eigenvalue weighted by atomic mass is 15.1. The van der Waals surface area contributed by atoms with Gasteiger partial charge in [0.1, 0.15) is 0 Å². The molecule has 3 aromatic carbocycles. The Bertz CT molecular complexity index is 849. The van der Waals surface area contributed by atoms with Crippen LogP contribution in [0.5, 0.6) is 0 Å². The number of para-hydroxylation sites is 1. The summed E-state index contributed by atoms with van der Waals surface area (Å²) in [5.74, 6) is 0. The van der Waals surface area contributed by atoms with Crippen molar-refractivity contribution in [1.29, 1.82) is 0 Å². The third kappa shape index (κ3) is 3.67. The monoisotopic (exact) mass is 345 g/mol. The largest absolute Gasteiger partial charge is 0.378 e. The SMILES string of the molecule is CN(C)c1ccc(-c2ccccc2N(C)c2ccc(N(C)C)cc2)cc1. The van der Waals surface area contributed by atoms with Crippen molar-refractivity contribution in [1.82, 2.24) is 0 Å². The fourth-order valence-electron chi connectivity index (χ4n) is 3.06. The van der Waals surface area contributed by atoms with Crippen molar-refractivity contribution in [3.8, 4) is 11.1 Å². The van der Waals surface area contributed by atoms with Gasteiger partial charge in [-0.1, -0.05) is 30.3 Å². The maximum absolute atomic E-state index is 2.24. The molecule has 0 atom stereocenters. The molecule has 0 unspecified atom stereocenters. The Kier molecular flexibility index (Phi) is 5.17. The molecule has 3 rings (SSSR count). The zero-order valence-corrected chi connectivity index (χ0v) is 16.3. The molecule has 0 fully saturated rings. The second kappa shape index (κ2) is 7.52. The molecule has 0 spiro atoms. The summed E-state index contributed by atoms with van der Waals surface area (Å²) in [4.78, 5) is 6.48. The number of hydrogen-bond donors (Lipinski definition) is 0. The predicted molar refractivity (Wildman–Crippen MR) is 115 cm³/mol. The fourth-order valence-corrected chi connectivity index (χ4v) is 3.06. The van der Waals surface area contributed by atoms with Crippen molar-refractivity contribution in [3.63, 3.8) is 0 Å². The third-order valence-corrected chi connectivity index (χ3v) is 4.71. The van der Waals surface area contributed by atoms with Crippen LogP contribution in [-0.4, -0.2) is 35.2 Å². The van der Waals surface area contributed by atoms with Gasteiger partial charge >= 0.3 is 0 Å². The van der Waals surface area contributed by atoms with Crippen LogP contribution in [0.1, 0.15) is 0 Å². The molecule has 0 heterocycles. The van der Waals surface area contributed by atoms with E-state index in [-0.39, 0.29) is 0 Å². The Hall–Kier alpha value is -2.94. The van der Waals surface area contributed by atoms with Crippen molar-refractivity contribution >= 4 is 22.7 Å². The van der Waals surface area contributed by atoms with Crippen molar-refractivity contribution in [2.75, 3.05) is 49.9 Å². The molecule has 3 heteroatoms. The van der Waals surface area contributed by atoms with E-state index in [4.69, 9.17) is 0 Å². The van der Waals surface area contributed by atoms with Crippen molar-refractivity contribution in [3.05, 3.63) is 72.8 Å². The van der Waals surface area contributed by atoms with E-state index in [1.54, 1.807) is 0 Å². The molecule has 0 saturated heterocycles. The highest BCUT2D eigenvalue weighted by Crippen LogP contribution is 2.35. The van der Waals surface area contributed by atoms with E-state index in [1.165, 1.54) is 33.9 Å². The van der Waals surface area contributed by atoms with E-state index in [0.29, 0.717) is 0 Å². The zero-order valence-electron chi connectivity index (χ0n) is 16.3. The second-order valence-electron chi connectivity index (χ2n) is 6.93. The number of benzene rings is 3. The maximum atomic E-state index is 2.24. The van der Waals surface area contributed by atoms with Crippen LogP contribution in [0.3, 0.4) is 0 Å². The molecule has 0 aliphatic carbocycles. The van der Waals surface area contributed by atoms with Crippen LogP contribution < -0.4 is 14.7 Å². The first-order chi connectivity index (χ1) is 12.5. The lowest BCUT2D eigenvalue weighted by molar-refractivity contribution is 1.13. The van der Waals surface area contributed by atoms with Gasteiger partial charge in [0, 0.05) is 63.6 Å². The van der Waals surface area contributed by atoms with Gasteiger partial charge in [0.15, 0.2) is 0 Å². The molecule has 0 aliphatic rings. The van der Waals surface area contributed by atoms with Gasteiger partial charge in [-0.25, -0.2) is 0 Å². The molecule has 0 saturated carbocycles. The average Bonchev–Trinajstić information content (AvgIpc) is 2.67. The van der Waals surface area contributed by atoms with Crippen molar-refractivity contribution in [2.45, 2.75) is 0 Å². The predicted octanol–water partition coefficient (Wildman–Crippen LogP) is 5.25. The molecule has 0 amide bonds. The van der Waals surface area contributed by atoms with E-state index < -0.39 is 0 Å². The molecule has 0 radical (unpaired) electrons. The summed E-state index contributed by atoms with van der Waals surface area (Å²) >= 11 is 0. The van der Waals surface area contributed by atoms with Crippen LogP contribution in [0.2, 0.25) is 0 Å². The van der Waals surface area contributed by atoms with Crippen molar-refractivity contribution < 1.29 is 0 Å². The van der Waals surface area contributed by atoms with E-state index in [9.17, 15) is 0 Å². The van der Waals surface area contributed by atoms with Crippen LogP contribution in [0.4, 0.5) is 22.7 Å². The standard InChI is InChI=1S/C23H27N3/c1-24(2)19-12-10-18(11-13-19)22-8-6-7-9-23(22)26(5)21-16-14-20(15-17-21)25(3)4/h6-17H,1-5H3.